The Bertz CT molecular complexity index is 515. The van der Waals surface area contributed by atoms with Crippen molar-refractivity contribution in [3.05, 3.63) is 39.7 Å². The summed E-state index contributed by atoms with van der Waals surface area (Å²) in [7, 11) is 0. The first-order chi connectivity index (χ1) is 6.70. The van der Waals surface area contributed by atoms with Gasteiger partial charge in [-0.05, 0) is 6.07 Å². The van der Waals surface area contributed by atoms with Crippen LogP contribution < -0.4 is 0 Å². The Morgan fingerprint density at radius 2 is 1.86 bits per heavy atom. The summed E-state index contributed by atoms with van der Waals surface area (Å²) >= 11 is 5.81. The zero-order chi connectivity index (χ0) is 10.1. The number of aromatic nitrogens is 2. The van der Waals surface area contributed by atoms with Crippen molar-refractivity contribution in [2.24, 2.45) is 0 Å². The zero-order valence-corrected chi connectivity index (χ0v) is 7.60. The summed E-state index contributed by atoms with van der Waals surface area (Å²) in [6, 6.07) is 2.76. The molecular formula is C8H4ClN3O2. The lowest BCUT2D eigenvalue weighted by Gasteiger charge is -1.98. The second-order valence-electron chi connectivity index (χ2n) is 2.58. The van der Waals surface area contributed by atoms with Crippen molar-refractivity contribution in [3.63, 3.8) is 0 Å². The third kappa shape index (κ3) is 1.27. The number of hydrogen-bond acceptors (Lipinski definition) is 4. The lowest BCUT2D eigenvalue weighted by Crippen LogP contribution is -1.92. The van der Waals surface area contributed by atoms with Gasteiger partial charge in [-0.25, -0.2) is 4.98 Å². The normalized spacial score (nSPS) is 10.4. The molecule has 14 heavy (non-hydrogen) atoms. The molecule has 0 saturated heterocycles. The Labute approximate surface area is 83.5 Å². The fourth-order valence-electron chi connectivity index (χ4n) is 1.16. The van der Waals surface area contributed by atoms with Crippen molar-refractivity contribution in [1.29, 1.82) is 0 Å². The summed E-state index contributed by atoms with van der Waals surface area (Å²) in [6.07, 6.45) is 2.84. The molecule has 1 aromatic carbocycles. The molecule has 0 radical (unpaired) electrons. The summed E-state index contributed by atoms with van der Waals surface area (Å²) < 4.78 is 0. The Hall–Kier alpha value is -1.75. The molecule has 0 aliphatic heterocycles. The fourth-order valence-corrected chi connectivity index (χ4v) is 1.36. The minimum Gasteiger partial charge on any atom is -0.258 e. The molecule has 0 amide bonds. The van der Waals surface area contributed by atoms with E-state index in [9.17, 15) is 10.1 Å². The van der Waals surface area contributed by atoms with Gasteiger partial charge in [-0.3, -0.25) is 15.1 Å². The van der Waals surface area contributed by atoms with Crippen LogP contribution in [-0.2, 0) is 0 Å². The number of hydrogen-bond donors (Lipinski definition) is 0. The molecule has 2 rings (SSSR count). The van der Waals surface area contributed by atoms with Crippen LogP contribution in [0.25, 0.3) is 11.0 Å². The van der Waals surface area contributed by atoms with Gasteiger partial charge in [0.25, 0.3) is 5.69 Å². The largest absolute Gasteiger partial charge is 0.297 e. The van der Waals surface area contributed by atoms with Crippen molar-refractivity contribution in [2.45, 2.75) is 0 Å². The summed E-state index contributed by atoms with van der Waals surface area (Å²) in [6.45, 7) is 0. The number of fused-ring (bicyclic) bond motifs is 1. The van der Waals surface area contributed by atoms with Crippen LogP contribution in [0.3, 0.4) is 0 Å². The second-order valence-corrected chi connectivity index (χ2v) is 2.98. The highest BCUT2D eigenvalue weighted by Gasteiger charge is 2.14. The molecule has 0 atom stereocenters. The Morgan fingerprint density at radius 3 is 2.50 bits per heavy atom. The van der Waals surface area contributed by atoms with Gasteiger partial charge in [-0.2, -0.15) is 0 Å². The van der Waals surface area contributed by atoms with Gasteiger partial charge in [0.05, 0.1) is 9.95 Å². The molecule has 0 spiro atoms. The topological polar surface area (TPSA) is 68.9 Å². The molecular weight excluding hydrogens is 206 g/mol. The van der Waals surface area contributed by atoms with Gasteiger partial charge < -0.3 is 0 Å². The predicted octanol–water partition coefficient (Wildman–Crippen LogP) is 2.19. The smallest absolute Gasteiger partial charge is 0.258 e. The number of rotatable bonds is 1. The van der Waals surface area contributed by atoms with Crippen molar-refractivity contribution in [3.8, 4) is 0 Å². The van der Waals surface area contributed by atoms with Crippen molar-refractivity contribution >= 4 is 28.3 Å². The molecule has 0 bridgehead atoms. The highest BCUT2D eigenvalue weighted by Crippen LogP contribution is 2.27. The van der Waals surface area contributed by atoms with E-state index in [4.69, 9.17) is 11.6 Å². The molecule has 1 aromatic heterocycles. The minimum absolute atomic E-state index is 0.0856. The van der Waals surface area contributed by atoms with Gasteiger partial charge in [-0.15, -0.1) is 0 Å². The lowest BCUT2D eigenvalue weighted by molar-refractivity contribution is -0.383. The molecule has 70 valence electrons. The molecule has 1 heterocycles. The standard InChI is InChI=1S/C8H4ClN3O2/c9-5-1-2-6(12(13)14)8-7(5)10-3-4-11-8/h1-4H. The maximum atomic E-state index is 10.6. The predicted molar refractivity (Wildman–Crippen MR) is 51.2 cm³/mol. The molecule has 0 aliphatic carbocycles. The molecule has 2 aromatic rings. The van der Waals surface area contributed by atoms with Crippen LogP contribution in [0, 0.1) is 10.1 Å². The number of halogens is 1. The van der Waals surface area contributed by atoms with E-state index in [2.05, 4.69) is 9.97 Å². The second kappa shape index (κ2) is 3.19. The van der Waals surface area contributed by atoms with E-state index in [0.717, 1.165) is 0 Å². The molecule has 0 saturated carbocycles. The summed E-state index contributed by atoms with van der Waals surface area (Å²) in [5, 5.41) is 11.0. The Morgan fingerprint density at radius 1 is 1.21 bits per heavy atom. The first kappa shape index (κ1) is 8.83. The molecule has 6 heteroatoms. The van der Waals surface area contributed by atoms with Gasteiger partial charge in [0.15, 0.2) is 5.52 Å². The zero-order valence-electron chi connectivity index (χ0n) is 6.85. The monoisotopic (exact) mass is 209 g/mol. The average Bonchev–Trinajstić information content (AvgIpc) is 2.18. The van der Waals surface area contributed by atoms with Crippen LogP contribution in [0.4, 0.5) is 5.69 Å². The van der Waals surface area contributed by atoms with Crippen LogP contribution in [0.2, 0.25) is 5.02 Å². The summed E-state index contributed by atoms with van der Waals surface area (Å²) in [4.78, 5) is 17.9. The van der Waals surface area contributed by atoms with E-state index < -0.39 is 4.92 Å². The maximum absolute atomic E-state index is 10.6. The van der Waals surface area contributed by atoms with E-state index in [-0.39, 0.29) is 11.2 Å². The van der Waals surface area contributed by atoms with Crippen LogP contribution in [-0.4, -0.2) is 14.9 Å². The Balaban J connectivity index is 2.88. The van der Waals surface area contributed by atoms with Crippen molar-refractivity contribution < 1.29 is 4.92 Å². The van der Waals surface area contributed by atoms with E-state index >= 15 is 0 Å². The van der Waals surface area contributed by atoms with E-state index in [1.807, 2.05) is 0 Å². The van der Waals surface area contributed by atoms with Gasteiger partial charge in [0.2, 0.25) is 0 Å². The van der Waals surface area contributed by atoms with E-state index in [0.29, 0.717) is 10.5 Å². The summed E-state index contributed by atoms with van der Waals surface area (Å²) in [5.74, 6) is 0. The fraction of sp³-hybridized carbons (Fsp3) is 0. The van der Waals surface area contributed by atoms with E-state index in [1.165, 1.54) is 24.5 Å². The number of benzene rings is 1. The molecule has 0 unspecified atom stereocenters. The number of nitrogens with zero attached hydrogens (tertiary/aromatic N) is 3. The molecule has 0 N–H and O–H groups in total. The Kier molecular flexibility index (Phi) is 2.01. The number of nitro benzene ring substituents is 1. The SMILES string of the molecule is O=[N+]([O-])c1ccc(Cl)c2nccnc12. The summed E-state index contributed by atoms with van der Waals surface area (Å²) in [5.41, 5.74) is 0.478. The van der Waals surface area contributed by atoms with Crippen molar-refractivity contribution in [1.82, 2.24) is 9.97 Å². The quantitative estimate of drug-likeness (QED) is 0.533. The van der Waals surface area contributed by atoms with Gasteiger partial charge in [0, 0.05) is 18.5 Å². The number of nitro groups is 1. The van der Waals surface area contributed by atoms with Crippen LogP contribution in [0.5, 0.6) is 0 Å². The van der Waals surface area contributed by atoms with Gasteiger partial charge >= 0.3 is 0 Å². The highest BCUT2D eigenvalue weighted by atomic mass is 35.5. The first-order valence-corrected chi connectivity index (χ1v) is 4.11. The minimum atomic E-state index is -0.507. The third-order valence-corrected chi connectivity index (χ3v) is 2.06. The van der Waals surface area contributed by atoms with Crippen LogP contribution in [0.15, 0.2) is 24.5 Å². The van der Waals surface area contributed by atoms with Crippen molar-refractivity contribution in [2.75, 3.05) is 0 Å². The lowest BCUT2D eigenvalue weighted by atomic mass is 10.2. The average molecular weight is 210 g/mol. The van der Waals surface area contributed by atoms with Crippen LogP contribution >= 0.6 is 11.6 Å². The van der Waals surface area contributed by atoms with Gasteiger partial charge in [-0.1, -0.05) is 11.6 Å². The molecule has 5 nitrogen and oxygen atoms in total. The van der Waals surface area contributed by atoms with E-state index in [1.54, 1.807) is 0 Å². The highest BCUT2D eigenvalue weighted by molar-refractivity contribution is 6.35. The first-order valence-electron chi connectivity index (χ1n) is 3.74. The third-order valence-electron chi connectivity index (χ3n) is 1.75. The number of non-ortho nitro benzene ring substituents is 1. The molecule has 0 fully saturated rings. The molecule has 0 aliphatic rings. The maximum Gasteiger partial charge on any atom is 0.297 e. The van der Waals surface area contributed by atoms with Gasteiger partial charge in [0.1, 0.15) is 5.52 Å². The van der Waals surface area contributed by atoms with Crippen LogP contribution in [0.1, 0.15) is 0 Å².